The average Bonchev–Trinajstić information content (AvgIpc) is 3.33. The Labute approximate surface area is 154 Å². The highest BCUT2D eigenvalue weighted by Crippen LogP contribution is 2.37. The fourth-order valence-corrected chi connectivity index (χ4v) is 3.93. The largest absolute Gasteiger partial charge is 0.497 e. The normalized spacial score (nSPS) is 15.5. The zero-order valence-electron chi connectivity index (χ0n) is 14.0. The molecule has 1 atom stereocenters. The van der Waals surface area contributed by atoms with Gasteiger partial charge in [0.25, 0.3) is 5.89 Å². The van der Waals surface area contributed by atoms with Gasteiger partial charge >= 0.3 is 5.97 Å². The summed E-state index contributed by atoms with van der Waals surface area (Å²) in [5, 5.41) is 3.70. The van der Waals surface area contributed by atoms with Crippen molar-refractivity contribution in [1.82, 2.24) is 10.1 Å². The van der Waals surface area contributed by atoms with Crippen LogP contribution in [0, 0.1) is 0 Å². The number of carbonyl (C=O) groups is 1. The number of benzene rings is 2. The summed E-state index contributed by atoms with van der Waals surface area (Å²) in [6.07, 6.45) is 0.679. The Morgan fingerprint density at radius 1 is 1.27 bits per heavy atom. The first-order chi connectivity index (χ1) is 12.7. The topological polar surface area (TPSA) is 74.5 Å². The summed E-state index contributed by atoms with van der Waals surface area (Å²) in [6, 6.07) is 15.4. The Bertz CT molecular complexity index is 916. The van der Waals surface area contributed by atoms with Crippen molar-refractivity contribution < 1.29 is 18.8 Å². The molecule has 0 amide bonds. The van der Waals surface area contributed by atoms with E-state index in [0.717, 1.165) is 10.5 Å². The molecule has 0 spiro atoms. The summed E-state index contributed by atoms with van der Waals surface area (Å²) in [7, 11) is 1.60. The molecule has 0 radical (unpaired) electrons. The minimum atomic E-state index is -0.271. The van der Waals surface area contributed by atoms with E-state index in [-0.39, 0.29) is 23.7 Å². The lowest BCUT2D eigenvalue weighted by Crippen LogP contribution is -2.19. The van der Waals surface area contributed by atoms with E-state index in [1.54, 1.807) is 7.11 Å². The molecule has 0 N–H and O–H groups in total. The summed E-state index contributed by atoms with van der Waals surface area (Å²) >= 11 is 1.53. The molecule has 1 aromatic heterocycles. The molecule has 1 aliphatic rings. The zero-order valence-corrected chi connectivity index (χ0v) is 14.9. The molecular weight excluding hydrogens is 352 g/mol. The van der Waals surface area contributed by atoms with Crippen LogP contribution >= 0.6 is 11.8 Å². The second-order valence-electron chi connectivity index (χ2n) is 5.77. The maximum absolute atomic E-state index is 12.3. The lowest BCUT2D eigenvalue weighted by Gasteiger charge is -2.06. The van der Waals surface area contributed by atoms with E-state index in [1.165, 1.54) is 17.3 Å². The second-order valence-corrected chi connectivity index (χ2v) is 7.01. The number of ether oxygens (including phenoxy) is 2. The number of hydrogen-bond acceptors (Lipinski definition) is 7. The van der Waals surface area contributed by atoms with E-state index in [4.69, 9.17) is 14.0 Å². The van der Waals surface area contributed by atoms with Crippen LogP contribution in [0.25, 0.3) is 11.4 Å². The van der Waals surface area contributed by atoms with E-state index >= 15 is 0 Å². The molecular formula is C19H16N2O4S. The van der Waals surface area contributed by atoms with Gasteiger partial charge in [0.2, 0.25) is 5.82 Å². The number of rotatable bonds is 5. The van der Waals surface area contributed by atoms with Crippen LogP contribution in [-0.2, 0) is 22.6 Å². The Balaban J connectivity index is 1.37. The first kappa shape index (κ1) is 16.7. The highest BCUT2D eigenvalue weighted by atomic mass is 32.2. The first-order valence-corrected chi connectivity index (χ1v) is 8.99. The number of aromatic nitrogens is 2. The van der Waals surface area contributed by atoms with Crippen LogP contribution in [0.4, 0.5) is 0 Å². The van der Waals surface area contributed by atoms with Gasteiger partial charge in [-0.05, 0) is 30.2 Å². The minimum Gasteiger partial charge on any atom is -0.497 e. The summed E-state index contributed by atoms with van der Waals surface area (Å²) < 4.78 is 15.7. The molecule has 0 saturated heterocycles. The molecule has 0 saturated carbocycles. The molecule has 7 heteroatoms. The smallest absolute Gasteiger partial charge is 0.320 e. The van der Waals surface area contributed by atoms with Gasteiger partial charge in [0.05, 0.1) is 7.11 Å². The van der Waals surface area contributed by atoms with Gasteiger partial charge in [0.1, 0.15) is 11.0 Å². The quantitative estimate of drug-likeness (QED) is 0.638. The second kappa shape index (κ2) is 7.21. The third kappa shape index (κ3) is 3.43. The molecule has 0 aliphatic carbocycles. The minimum absolute atomic E-state index is 0.0385. The summed E-state index contributed by atoms with van der Waals surface area (Å²) in [5.41, 5.74) is 1.95. The SMILES string of the molecule is COc1cccc(-c2noc(COC(=O)C3Cc4ccccc4S3)n2)c1. The third-order valence-corrected chi connectivity index (χ3v) is 5.34. The third-order valence-electron chi connectivity index (χ3n) is 4.04. The van der Waals surface area contributed by atoms with Gasteiger partial charge in [-0.25, -0.2) is 0 Å². The van der Waals surface area contributed by atoms with Gasteiger partial charge in [-0.15, -0.1) is 11.8 Å². The molecule has 1 aliphatic heterocycles. The molecule has 4 rings (SSSR count). The maximum atomic E-state index is 12.3. The Morgan fingerprint density at radius 2 is 2.15 bits per heavy atom. The fourth-order valence-electron chi connectivity index (χ4n) is 2.73. The molecule has 3 aromatic rings. The molecule has 26 heavy (non-hydrogen) atoms. The number of carbonyl (C=O) groups excluding carboxylic acids is 1. The number of methoxy groups -OCH3 is 1. The standard InChI is InChI=1S/C19H16N2O4S/c1-23-14-7-4-6-13(9-14)18-20-17(25-21-18)11-24-19(22)16-10-12-5-2-3-8-15(12)26-16/h2-9,16H,10-11H2,1H3. The zero-order chi connectivity index (χ0) is 17.9. The molecule has 132 valence electrons. The highest BCUT2D eigenvalue weighted by molar-refractivity contribution is 8.01. The van der Waals surface area contributed by atoms with Gasteiger partial charge in [-0.3, -0.25) is 4.79 Å². The summed E-state index contributed by atoms with van der Waals surface area (Å²) in [4.78, 5) is 17.7. The lowest BCUT2D eigenvalue weighted by atomic mass is 10.1. The van der Waals surface area contributed by atoms with Crippen molar-refractivity contribution in [2.75, 3.05) is 7.11 Å². The summed E-state index contributed by atoms with van der Waals surface area (Å²) in [5.74, 6) is 1.12. The van der Waals surface area contributed by atoms with Crippen LogP contribution in [0.3, 0.4) is 0 Å². The van der Waals surface area contributed by atoms with E-state index in [1.807, 2.05) is 48.5 Å². The van der Waals surface area contributed by atoms with Crippen LogP contribution in [0.1, 0.15) is 11.5 Å². The van der Waals surface area contributed by atoms with Crippen molar-refractivity contribution >= 4 is 17.7 Å². The molecule has 2 heterocycles. The molecule has 0 bridgehead atoms. The van der Waals surface area contributed by atoms with E-state index < -0.39 is 0 Å². The molecule has 2 aromatic carbocycles. The van der Waals surface area contributed by atoms with E-state index in [2.05, 4.69) is 10.1 Å². The number of hydrogen-bond donors (Lipinski definition) is 0. The van der Waals surface area contributed by atoms with Crippen LogP contribution in [0.2, 0.25) is 0 Å². The number of esters is 1. The van der Waals surface area contributed by atoms with Crippen LogP contribution < -0.4 is 4.74 Å². The van der Waals surface area contributed by atoms with Crippen molar-refractivity contribution in [3.63, 3.8) is 0 Å². The Hall–Kier alpha value is -2.80. The predicted molar refractivity (Wildman–Crippen MR) is 95.9 cm³/mol. The molecule has 0 fully saturated rings. The van der Waals surface area contributed by atoms with Gasteiger partial charge < -0.3 is 14.0 Å². The number of fused-ring (bicyclic) bond motifs is 1. The fraction of sp³-hybridized carbons (Fsp3) is 0.211. The van der Waals surface area contributed by atoms with Crippen molar-refractivity contribution in [2.45, 2.75) is 23.2 Å². The Kier molecular flexibility index (Phi) is 4.62. The van der Waals surface area contributed by atoms with Crippen molar-refractivity contribution in [2.24, 2.45) is 0 Å². The van der Waals surface area contributed by atoms with Gasteiger partial charge in [0.15, 0.2) is 6.61 Å². The average molecular weight is 368 g/mol. The van der Waals surface area contributed by atoms with Crippen LogP contribution in [-0.4, -0.2) is 28.5 Å². The van der Waals surface area contributed by atoms with Crippen LogP contribution in [0.5, 0.6) is 5.75 Å². The number of thioether (sulfide) groups is 1. The van der Waals surface area contributed by atoms with Gasteiger partial charge in [0, 0.05) is 10.5 Å². The van der Waals surface area contributed by atoms with Gasteiger partial charge in [-0.2, -0.15) is 4.98 Å². The predicted octanol–water partition coefficient (Wildman–Crippen LogP) is 3.51. The van der Waals surface area contributed by atoms with Crippen molar-refractivity contribution in [1.29, 1.82) is 0 Å². The lowest BCUT2D eigenvalue weighted by molar-refractivity contribution is -0.145. The maximum Gasteiger partial charge on any atom is 0.320 e. The van der Waals surface area contributed by atoms with Crippen LogP contribution in [0.15, 0.2) is 57.9 Å². The van der Waals surface area contributed by atoms with Crippen molar-refractivity contribution in [3.05, 3.63) is 60.0 Å². The van der Waals surface area contributed by atoms with E-state index in [9.17, 15) is 4.79 Å². The monoisotopic (exact) mass is 368 g/mol. The first-order valence-electron chi connectivity index (χ1n) is 8.11. The summed E-state index contributed by atoms with van der Waals surface area (Å²) in [6.45, 7) is -0.0385. The number of nitrogens with zero attached hydrogens (tertiary/aromatic N) is 2. The van der Waals surface area contributed by atoms with E-state index in [0.29, 0.717) is 18.0 Å². The molecule has 6 nitrogen and oxygen atoms in total. The van der Waals surface area contributed by atoms with Crippen molar-refractivity contribution in [3.8, 4) is 17.1 Å². The molecule has 1 unspecified atom stereocenters. The van der Waals surface area contributed by atoms with Gasteiger partial charge in [-0.1, -0.05) is 35.5 Å². The highest BCUT2D eigenvalue weighted by Gasteiger charge is 2.29. The Morgan fingerprint density at radius 3 is 3.00 bits per heavy atom.